The Bertz CT molecular complexity index is 1180. The van der Waals surface area contributed by atoms with Crippen molar-refractivity contribution in [2.24, 2.45) is 0 Å². The van der Waals surface area contributed by atoms with Crippen LogP contribution < -0.4 is 4.74 Å². The largest absolute Gasteiger partial charge is 0.486 e. The number of carbonyl (C=O) groups excluding carboxylic acids is 1. The van der Waals surface area contributed by atoms with Crippen LogP contribution >= 0.6 is 12.2 Å². The maximum atomic E-state index is 12.9. The van der Waals surface area contributed by atoms with E-state index in [2.05, 4.69) is 27.4 Å². The van der Waals surface area contributed by atoms with E-state index in [1.54, 1.807) is 6.08 Å². The maximum absolute atomic E-state index is 12.9. The van der Waals surface area contributed by atoms with Gasteiger partial charge in [0, 0.05) is 29.2 Å². The van der Waals surface area contributed by atoms with E-state index in [4.69, 9.17) is 21.7 Å². The molecule has 0 unspecified atom stereocenters. The SMILES string of the molecule is C=CCn1c(COc2ccc3c(c2)c(C(=O)OCC)c(C)n3C2CCCCC2)n[nH]c1=S. The van der Waals surface area contributed by atoms with Crippen molar-refractivity contribution >= 4 is 29.1 Å². The molecule has 7 nitrogen and oxygen atoms in total. The van der Waals surface area contributed by atoms with Gasteiger partial charge in [-0.2, -0.15) is 5.10 Å². The van der Waals surface area contributed by atoms with Crippen molar-refractivity contribution in [3.05, 3.63) is 52.7 Å². The summed E-state index contributed by atoms with van der Waals surface area (Å²) in [7, 11) is 0. The standard InChI is InChI=1S/C24H30N4O3S/c1-4-13-27-21(25-26-24(27)32)15-31-18-11-12-20-19(14-18)22(23(29)30-5-2)16(3)28(20)17-9-7-6-8-10-17/h4,11-12,14,17H,1,5-10,13,15H2,2-3H3,(H,26,32). The van der Waals surface area contributed by atoms with Gasteiger partial charge in [0.1, 0.15) is 12.4 Å². The fourth-order valence-electron chi connectivity index (χ4n) is 4.71. The van der Waals surface area contributed by atoms with Crippen LogP contribution in [0.3, 0.4) is 0 Å². The lowest BCUT2D eigenvalue weighted by Gasteiger charge is -2.26. The minimum Gasteiger partial charge on any atom is -0.486 e. The number of allylic oxidation sites excluding steroid dienone is 1. The summed E-state index contributed by atoms with van der Waals surface area (Å²) < 4.78 is 16.2. The fourth-order valence-corrected chi connectivity index (χ4v) is 4.93. The summed E-state index contributed by atoms with van der Waals surface area (Å²) in [4.78, 5) is 12.9. The molecule has 0 saturated heterocycles. The number of nitrogens with one attached hydrogen (secondary N) is 1. The number of hydrogen-bond acceptors (Lipinski definition) is 5. The van der Waals surface area contributed by atoms with E-state index in [9.17, 15) is 4.79 Å². The summed E-state index contributed by atoms with van der Waals surface area (Å²) >= 11 is 5.27. The third kappa shape index (κ3) is 4.24. The normalized spacial score (nSPS) is 14.6. The third-order valence-electron chi connectivity index (χ3n) is 6.16. The molecule has 0 radical (unpaired) electrons. The molecule has 1 N–H and O–H groups in total. The summed E-state index contributed by atoms with van der Waals surface area (Å²) in [5.74, 6) is 1.08. The van der Waals surface area contributed by atoms with Gasteiger partial charge in [-0.15, -0.1) is 6.58 Å². The summed E-state index contributed by atoms with van der Waals surface area (Å²) in [6.07, 6.45) is 7.76. The van der Waals surface area contributed by atoms with E-state index in [1.165, 1.54) is 19.3 Å². The second-order valence-electron chi connectivity index (χ2n) is 8.15. The van der Waals surface area contributed by atoms with Crippen LogP contribution in [0, 0.1) is 11.7 Å². The highest BCUT2D eigenvalue weighted by molar-refractivity contribution is 7.71. The summed E-state index contributed by atoms with van der Waals surface area (Å²) in [6, 6.07) is 6.35. The monoisotopic (exact) mass is 454 g/mol. The lowest BCUT2D eigenvalue weighted by atomic mass is 9.95. The van der Waals surface area contributed by atoms with Crippen LogP contribution in [0.5, 0.6) is 5.75 Å². The molecule has 1 saturated carbocycles. The number of carbonyl (C=O) groups is 1. The highest BCUT2D eigenvalue weighted by Crippen LogP contribution is 2.37. The molecule has 3 aromatic rings. The zero-order valence-electron chi connectivity index (χ0n) is 18.7. The van der Waals surface area contributed by atoms with Crippen molar-refractivity contribution in [3.8, 4) is 5.75 Å². The predicted octanol–water partition coefficient (Wildman–Crippen LogP) is 5.65. The Morgan fingerprint density at radius 2 is 2.12 bits per heavy atom. The van der Waals surface area contributed by atoms with Gasteiger partial charge in [0.05, 0.1) is 12.2 Å². The van der Waals surface area contributed by atoms with Crippen LogP contribution in [0.25, 0.3) is 10.9 Å². The Kier molecular flexibility index (Phi) is 6.79. The van der Waals surface area contributed by atoms with Gasteiger partial charge in [-0.3, -0.25) is 9.67 Å². The van der Waals surface area contributed by atoms with Crippen molar-refractivity contribution in [3.63, 3.8) is 0 Å². The van der Waals surface area contributed by atoms with E-state index < -0.39 is 0 Å². The van der Waals surface area contributed by atoms with E-state index in [0.717, 1.165) is 29.4 Å². The van der Waals surface area contributed by atoms with Gasteiger partial charge in [0.15, 0.2) is 10.6 Å². The Balaban J connectivity index is 1.70. The van der Waals surface area contributed by atoms with Crippen LogP contribution in [0.1, 0.15) is 66.9 Å². The van der Waals surface area contributed by atoms with E-state index in [1.807, 2.05) is 30.5 Å². The molecule has 8 heteroatoms. The number of benzene rings is 1. The van der Waals surface area contributed by atoms with Crippen molar-refractivity contribution in [2.75, 3.05) is 6.61 Å². The molecule has 0 amide bonds. The maximum Gasteiger partial charge on any atom is 0.340 e. The molecule has 2 aromatic heterocycles. The molecule has 0 spiro atoms. The molecule has 4 rings (SSSR count). The second kappa shape index (κ2) is 9.73. The minimum atomic E-state index is -0.284. The Hall–Kier alpha value is -2.87. The molecule has 1 fully saturated rings. The lowest BCUT2D eigenvalue weighted by Crippen LogP contribution is -2.15. The van der Waals surface area contributed by atoms with Gasteiger partial charge in [0.25, 0.3) is 0 Å². The van der Waals surface area contributed by atoms with E-state index >= 15 is 0 Å². The molecule has 32 heavy (non-hydrogen) atoms. The average molecular weight is 455 g/mol. The fraction of sp³-hybridized carbons (Fsp3) is 0.458. The van der Waals surface area contributed by atoms with Crippen molar-refractivity contribution < 1.29 is 14.3 Å². The van der Waals surface area contributed by atoms with E-state index in [-0.39, 0.29) is 12.6 Å². The molecular weight excluding hydrogens is 424 g/mol. The first-order chi connectivity index (χ1) is 15.5. The first-order valence-corrected chi connectivity index (χ1v) is 11.6. The van der Waals surface area contributed by atoms with Crippen molar-refractivity contribution in [2.45, 2.75) is 65.1 Å². The molecule has 0 aliphatic heterocycles. The number of H-pyrrole nitrogens is 1. The van der Waals surface area contributed by atoms with Crippen LogP contribution in [0.4, 0.5) is 0 Å². The highest BCUT2D eigenvalue weighted by atomic mass is 32.1. The molecule has 1 aromatic carbocycles. The summed E-state index contributed by atoms with van der Waals surface area (Å²) in [5, 5.41) is 7.92. The Labute approximate surface area is 193 Å². The zero-order valence-corrected chi connectivity index (χ0v) is 19.5. The minimum absolute atomic E-state index is 0.254. The predicted molar refractivity (Wildman–Crippen MR) is 127 cm³/mol. The lowest BCUT2D eigenvalue weighted by molar-refractivity contribution is 0.0527. The van der Waals surface area contributed by atoms with E-state index in [0.29, 0.717) is 41.1 Å². The Morgan fingerprint density at radius 3 is 2.84 bits per heavy atom. The molecule has 1 aliphatic rings. The highest BCUT2D eigenvalue weighted by Gasteiger charge is 2.26. The van der Waals surface area contributed by atoms with Gasteiger partial charge in [0.2, 0.25) is 0 Å². The van der Waals surface area contributed by atoms with Gasteiger partial charge < -0.3 is 14.0 Å². The van der Waals surface area contributed by atoms with Gasteiger partial charge in [-0.25, -0.2) is 4.79 Å². The van der Waals surface area contributed by atoms with Gasteiger partial charge in [-0.1, -0.05) is 25.3 Å². The summed E-state index contributed by atoms with van der Waals surface area (Å²) in [5.41, 5.74) is 2.65. The second-order valence-corrected chi connectivity index (χ2v) is 8.54. The third-order valence-corrected chi connectivity index (χ3v) is 6.47. The number of aromatic nitrogens is 4. The molecule has 0 bridgehead atoms. The van der Waals surface area contributed by atoms with Crippen molar-refractivity contribution in [1.29, 1.82) is 0 Å². The topological polar surface area (TPSA) is 74.1 Å². The number of rotatable bonds is 8. The summed E-state index contributed by atoms with van der Waals surface area (Å²) in [6.45, 7) is 8.77. The number of hydrogen-bond donors (Lipinski definition) is 1. The zero-order chi connectivity index (χ0) is 22.7. The molecule has 0 atom stereocenters. The van der Waals surface area contributed by atoms with Gasteiger partial charge in [-0.05, 0) is 57.1 Å². The first-order valence-electron chi connectivity index (χ1n) is 11.2. The molecule has 170 valence electrons. The molecule has 2 heterocycles. The van der Waals surface area contributed by atoms with Crippen LogP contribution in [0.2, 0.25) is 0 Å². The van der Waals surface area contributed by atoms with Crippen molar-refractivity contribution in [1.82, 2.24) is 19.3 Å². The number of nitrogens with zero attached hydrogens (tertiary/aromatic N) is 3. The number of fused-ring (bicyclic) bond motifs is 1. The van der Waals surface area contributed by atoms with Gasteiger partial charge >= 0.3 is 5.97 Å². The van der Waals surface area contributed by atoms with Crippen LogP contribution in [-0.2, 0) is 17.9 Å². The smallest absolute Gasteiger partial charge is 0.340 e. The van der Waals surface area contributed by atoms with Crippen LogP contribution in [-0.4, -0.2) is 31.9 Å². The number of esters is 1. The molecule has 1 aliphatic carbocycles. The molecular formula is C24H30N4O3S. The number of aromatic amines is 1. The number of ether oxygens (including phenoxy) is 2. The first kappa shape index (κ1) is 22.3. The average Bonchev–Trinajstić information content (AvgIpc) is 3.29. The quantitative estimate of drug-likeness (QED) is 0.270. The van der Waals surface area contributed by atoms with Crippen LogP contribution in [0.15, 0.2) is 30.9 Å². The Morgan fingerprint density at radius 1 is 1.34 bits per heavy atom.